The summed E-state index contributed by atoms with van der Waals surface area (Å²) in [6.45, 7) is 13.8. The van der Waals surface area contributed by atoms with Crippen molar-refractivity contribution >= 4 is 24.0 Å². The van der Waals surface area contributed by atoms with Crippen LogP contribution in [0.4, 0.5) is 0 Å². The molecule has 0 fully saturated rings. The largest absolute Gasteiger partial charge is 0 e. The minimum atomic E-state index is -0.985. The van der Waals surface area contributed by atoms with Crippen molar-refractivity contribution in [2.24, 2.45) is 5.90 Å². The molecule has 0 aliphatic carbocycles. The van der Waals surface area contributed by atoms with Gasteiger partial charge in [-0.05, 0) is 24.1 Å². The molecule has 0 atom stereocenters. The molecule has 13 nitrogen and oxygen atoms in total. The molecule has 183 valence electrons. The van der Waals surface area contributed by atoms with Gasteiger partial charge in [-0.1, -0.05) is 12.1 Å². The predicted molar refractivity (Wildman–Crippen MR) is 107 cm³/mol. The van der Waals surface area contributed by atoms with Gasteiger partial charge in [-0.15, -0.1) is 9.32 Å². The summed E-state index contributed by atoms with van der Waals surface area (Å²) >= 11 is 0.977. The van der Waals surface area contributed by atoms with Crippen LogP contribution in [0.3, 0.4) is 0 Å². The molecule has 0 bridgehead atoms. The molecule has 2 aromatic rings. The van der Waals surface area contributed by atoms with Crippen molar-refractivity contribution in [3.63, 3.8) is 0 Å². The first-order chi connectivity index (χ1) is 16.0. The fourth-order valence-electron chi connectivity index (χ4n) is 2.44. The van der Waals surface area contributed by atoms with Crippen molar-refractivity contribution < 1.29 is 63.5 Å². The summed E-state index contributed by atoms with van der Waals surface area (Å²) in [5.74, 6) is 3.34. The molecular formula is C19H20N4O9ReS. The van der Waals surface area contributed by atoms with Gasteiger partial charge in [0.25, 0.3) is 0 Å². The third-order valence-electron chi connectivity index (χ3n) is 3.64. The fraction of sp³-hybridized carbons (Fsp3) is 0.263. The summed E-state index contributed by atoms with van der Waals surface area (Å²) in [4.78, 5) is 32.7. The van der Waals surface area contributed by atoms with Crippen LogP contribution in [0.1, 0.15) is 11.4 Å². The van der Waals surface area contributed by atoms with Crippen molar-refractivity contribution in [1.82, 2.24) is 14.5 Å². The van der Waals surface area contributed by atoms with E-state index < -0.39 is 11.9 Å². The van der Waals surface area contributed by atoms with E-state index in [0.717, 1.165) is 22.5 Å². The van der Waals surface area contributed by atoms with Crippen LogP contribution in [0.25, 0.3) is 0 Å². The number of nitrogens with zero attached hydrogens (tertiary/aromatic N) is 3. The van der Waals surface area contributed by atoms with E-state index in [1.807, 2.05) is 24.3 Å². The first-order valence-electron chi connectivity index (χ1n) is 8.54. The number of carbonyl (C=O) groups is 2. The molecule has 0 aliphatic heterocycles. The Bertz CT molecular complexity index is 874. The second-order valence-electron chi connectivity index (χ2n) is 5.61. The molecule has 34 heavy (non-hydrogen) atoms. The average molecular weight is 667 g/mol. The van der Waals surface area contributed by atoms with Crippen molar-refractivity contribution in [2.45, 2.75) is 24.4 Å². The zero-order valence-corrected chi connectivity index (χ0v) is 21.0. The van der Waals surface area contributed by atoms with Crippen LogP contribution in [-0.2, 0) is 72.8 Å². The van der Waals surface area contributed by atoms with Gasteiger partial charge in [-0.2, -0.15) is 5.90 Å². The number of benzene rings is 1. The topological polar surface area (TPSA) is 200 Å². The summed E-state index contributed by atoms with van der Waals surface area (Å²) in [6.07, 6.45) is 3.68. The number of rotatable bonds is 12. The third-order valence-corrected chi connectivity index (χ3v) is 4.25. The van der Waals surface area contributed by atoms with Crippen molar-refractivity contribution in [3.05, 3.63) is 68.0 Å². The molecule has 1 aromatic heterocycles. The second kappa shape index (κ2) is 23.6. The van der Waals surface area contributed by atoms with Gasteiger partial charge in [-0.3, -0.25) is 14.5 Å². The number of carboxylic acids is 2. The maximum absolute atomic E-state index is 11.2. The monoisotopic (exact) mass is 667 g/mol. The normalized spacial score (nSPS) is 8.94. The smallest absolute Gasteiger partial charge is 0 e. The zero-order chi connectivity index (χ0) is 25.6. The maximum Gasteiger partial charge on any atom is 0 e. The second-order valence-corrected chi connectivity index (χ2v) is 6.39. The SMILES string of the molecule is NOOSc1ccc(CCN(CC(=O)O)Cc2nccn2CC(=O)O)cc1.[C-]#[O+].[C-]#[O+].[C-]#[O+].[Re]. The van der Waals surface area contributed by atoms with Gasteiger partial charge in [0.15, 0.2) is 0 Å². The third kappa shape index (κ3) is 16.1. The van der Waals surface area contributed by atoms with Gasteiger partial charge in [0, 0.05) is 44.3 Å². The Morgan fingerprint density at radius 1 is 1.09 bits per heavy atom. The molecule has 0 saturated carbocycles. The van der Waals surface area contributed by atoms with Gasteiger partial charge < -0.3 is 14.8 Å². The van der Waals surface area contributed by atoms with Crippen molar-refractivity contribution in [1.29, 1.82) is 0 Å². The van der Waals surface area contributed by atoms with Crippen LogP contribution < -0.4 is 5.90 Å². The summed E-state index contributed by atoms with van der Waals surface area (Å²) in [7, 11) is 0. The quantitative estimate of drug-likeness (QED) is 0.0958. The van der Waals surface area contributed by atoms with E-state index in [9.17, 15) is 9.59 Å². The molecule has 15 heteroatoms. The molecule has 1 radical (unpaired) electrons. The van der Waals surface area contributed by atoms with E-state index in [-0.39, 0.29) is 40.1 Å². The molecule has 4 N–H and O–H groups in total. The molecule has 2 rings (SSSR count). The Labute approximate surface area is 213 Å². The number of hydrogen-bond donors (Lipinski definition) is 3. The Kier molecular flexibility index (Phi) is 25.0. The van der Waals surface area contributed by atoms with Gasteiger partial charge in [0.2, 0.25) is 0 Å². The van der Waals surface area contributed by atoms with Crippen LogP contribution in [0.15, 0.2) is 41.6 Å². The van der Waals surface area contributed by atoms with Gasteiger partial charge in [0.1, 0.15) is 12.4 Å². The molecule has 1 aromatic carbocycles. The van der Waals surface area contributed by atoms with Crippen LogP contribution in [0.2, 0.25) is 0 Å². The Balaban J connectivity index is -0.00000127. The number of hydrogen-bond acceptors (Lipinski definition) is 8. The maximum atomic E-state index is 11.2. The van der Waals surface area contributed by atoms with Crippen LogP contribution in [0, 0.1) is 20.0 Å². The van der Waals surface area contributed by atoms with Crippen LogP contribution in [-0.4, -0.2) is 49.7 Å². The number of aliphatic carboxylic acids is 2. The van der Waals surface area contributed by atoms with E-state index in [4.69, 9.17) is 30.1 Å². The fourth-order valence-corrected chi connectivity index (χ4v) is 2.81. The van der Waals surface area contributed by atoms with E-state index in [1.54, 1.807) is 11.1 Å². The van der Waals surface area contributed by atoms with Crippen molar-refractivity contribution in [3.8, 4) is 0 Å². The van der Waals surface area contributed by atoms with E-state index in [2.05, 4.69) is 34.3 Å². The Morgan fingerprint density at radius 3 is 2.18 bits per heavy atom. The first kappa shape index (κ1) is 36.0. The molecule has 1 heterocycles. The average Bonchev–Trinajstić information content (AvgIpc) is 3.26. The minimum absolute atomic E-state index is 0. The van der Waals surface area contributed by atoms with Crippen molar-refractivity contribution in [2.75, 3.05) is 13.1 Å². The summed E-state index contributed by atoms with van der Waals surface area (Å²) in [5.41, 5.74) is 1.01. The number of imidazole rings is 1. The molecule has 0 aliphatic rings. The summed E-state index contributed by atoms with van der Waals surface area (Å²) in [6, 6.07) is 7.46. The molecule has 0 saturated heterocycles. The molecule has 0 spiro atoms. The summed E-state index contributed by atoms with van der Waals surface area (Å²) in [5, 5.41) is 18.1. The van der Waals surface area contributed by atoms with Gasteiger partial charge in [0.05, 0.1) is 25.1 Å². The number of aromatic nitrogens is 2. The summed E-state index contributed by atoms with van der Waals surface area (Å²) < 4.78 is 28.6. The number of nitrogens with two attached hydrogens (primary N) is 1. The standard InChI is InChI=1S/C16H20N4O6S.3CO.Re/c17-25-26-27-13-3-1-12(2-4-13)5-7-19(10-15(21)22)9-14-18-6-8-20(14)11-16(23)24;3*1-2;/h1-4,6,8H,5,7,9-11,17H2,(H,21,22)(H,23,24);;;;. The van der Waals surface area contributed by atoms with E-state index >= 15 is 0 Å². The van der Waals surface area contributed by atoms with Crippen LogP contribution in [0.5, 0.6) is 0 Å². The Morgan fingerprint density at radius 2 is 1.68 bits per heavy atom. The first-order valence-corrected chi connectivity index (χ1v) is 9.28. The minimum Gasteiger partial charge on any atom is 0 e. The van der Waals surface area contributed by atoms with E-state index in [1.165, 1.54) is 10.8 Å². The predicted octanol–water partition coefficient (Wildman–Crippen LogP) is 0.811. The molecular weight excluding hydrogens is 647 g/mol. The van der Waals surface area contributed by atoms with Crippen LogP contribution >= 0.6 is 12.0 Å². The van der Waals surface area contributed by atoms with Gasteiger partial charge in [-0.25, -0.2) is 4.98 Å². The van der Waals surface area contributed by atoms with Gasteiger partial charge >= 0.3 is 45.8 Å². The zero-order valence-electron chi connectivity index (χ0n) is 17.5. The molecule has 0 unspecified atom stereocenters. The van der Waals surface area contributed by atoms with E-state index in [0.29, 0.717) is 18.8 Å². The number of carboxylic acid groups (broad SMARTS) is 2. The Hall–Kier alpha value is -2.56. The molecule has 0 amide bonds.